The van der Waals surface area contributed by atoms with Crippen LogP contribution in [0.15, 0.2) is 36.5 Å². The Morgan fingerprint density at radius 2 is 0.897 bits per heavy atom. The van der Waals surface area contributed by atoms with Gasteiger partial charge in [-0.05, 0) is 26.3 Å². The number of ether oxygens (including phenoxy) is 2. The van der Waals surface area contributed by atoms with Gasteiger partial charge in [0.25, 0.3) is 0 Å². The highest BCUT2D eigenvalue weighted by atomic mass is 35.5. The second-order valence-electron chi connectivity index (χ2n) is 8.33. The van der Waals surface area contributed by atoms with E-state index in [1.165, 1.54) is 6.92 Å². The molecule has 0 aromatic heterocycles. The molecule has 0 aliphatic heterocycles. The Labute approximate surface area is 181 Å². The van der Waals surface area contributed by atoms with Gasteiger partial charge in [-0.1, -0.05) is 19.7 Å². The number of rotatable bonds is 7. The summed E-state index contributed by atoms with van der Waals surface area (Å²) in [7, 11) is 11.7. The van der Waals surface area contributed by atoms with E-state index in [0.29, 0.717) is 33.6 Å². The predicted molar refractivity (Wildman–Crippen MR) is 107 cm³/mol. The van der Waals surface area contributed by atoms with E-state index < -0.39 is 5.97 Å². The average Bonchev–Trinajstić information content (AvgIpc) is 2.49. The Hall–Kier alpha value is -2.16. The highest BCUT2D eigenvalue weighted by Gasteiger charge is 2.11. The highest BCUT2D eigenvalue weighted by Crippen LogP contribution is 1.97. The van der Waals surface area contributed by atoms with Crippen LogP contribution in [0.3, 0.4) is 0 Å². The van der Waals surface area contributed by atoms with Gasteiger partial charge in [0.05, 0.1) is 48.3 Å². The molecule has 0 atom stereocenters. The Bertz CT molecular complexity index is 535. The smallest absolute Gasteiger partial charge is 0.337 e. The van der Waals surface area contributed by atoms with Crippen molar-refractivity contribution < 1.29 is 50.3 Å². The first-order valence-electron chi connectivity index (χ1n) is 8.43. The number of carbonyl (C=O) groups excluding carboxylic acids is 3. The first kappa shape index (κ1) is 34.4. The molecule has 0 amide bonds. The molecule has 0 radical (unpaired) electrons. The van der Waals surface area contributed by atoms with Gasteiger partial charge in [0, 0.05) is 11.1 Å². The fraction of sp³-hybridized carbons (Fsp3) is 0.550. The van der Waals surface area contributed by atoms with Crippen molar-refractivity contribution in [2.24, 2.45) is 0 Å². The molecule has 0 aliphatic rings. The van der Waals surface area contributed by atoms with Crippen molar-refractivity contribution in [3.8, 4) is 0 Å². The van der Waals surface area contributed by atoms with Gasteiger partial charge in [0.15, 0.2) is 0 Å². The van der Waals surface area contributed by atoms with Crippen LogP contribution >= 0.6 is 0 Å². The van der Waals surface area contributed by atoms with Crippen molar-refractivity contribution in [1.82, 2.24) is 0 Å². The summed E-state index contributed by atoms with van der Waals surface area (Å²) >= 11 is 0. The first-order chi connectivity index (χ1) is 12.3. The van der Waals surface area contributed by atoms with Gasteiger partial charge in [0.2, 0.25) is 13.5 Å². The Balaban J connectivity index is -0.000000166. The Kier molecular flexibility index (Phi) is 18.6. The number of esters is 2. The van der Waals surface area contributed by atoms with Crippen LogP contribution in [0.25, 0.3) is 0 Å². The number of carbonyl (C=O) groups is 3. The van der Waals surface area contributed by atoms with Crippen LogP contribution in [-0.2, 0) is 23.9 Å². The maximum atomic E-state index is 10.9. The summed E-state index contributed by atoms with van der Waals surface area (Å²) in [5.41, 5.74) is 0.951. The lowest BCUT2D eigenvalue weighted by Crippen LogP contribution is -3.00. The van der Waals surface area contributed by atoms with Crippen LogP contribution in [0.4, 0.5) is 0 Å². The van der Waals surface area contributed by atoms with Crippen molar-refractivity contribution in [2.45, 2.75) is 20.8 Å². The molecule has 0 unspecified atom stereocenters. The number of carboxylic acids is 1. The molecule has 0 rings (SSSR count). The quantitative estimate of drug-likeness (QED) is 0.196. The maximum Gasteiger partial charge on any atom is 0.337 e. The van der Waals surface area contributed by atoms with E-state index in [-0.39, 0.29) is 29.9 Å². The van der Waals surface area contributed by atoms with Gasteiger partial charge in [0.1, 0.15) is 0 Å². The van der Waals surface area contributed by atoms with Crippen LogP contribution in [0.5, 0.6) is 0 Å². The molecular formula is C20H37ClN2O6. The standard InChI is InChI=1S/2C8H16NO2.C4H6O2.ClH/c2*1-7(2)8(10)11-6-9(3,4)5;1-3(2)4(5)6;/h2*1,6H2,2-5H3;1H2,2H3,(H,5,6);1H/q2*+1;;/p-2. The second-order valence-corrected chi connectivity index (χ2v) is 8.33. The fourth-order valence-corrected chi connectivity index (χ4v) is 0.751. The molecule has 0 spiro atoms. The third kappa shape index (κ3) is 30.8. The first-order valence-corrected chi connectivity index (χ1v) is 8.43. The zero-order valence-electron chi connectivity index (χ0n) is 19.3. The highest BCUT2D eigenvalue weighted by molar-refractivity contribution is 5.87. The molecule has 8 nitrogen and oxygen atoms in total. The van der Waals surface area contributed by atoms with Crippen LogP contribution in [-0.4, -0.2) is 82.6 Å². The van der Waals surface area contributed by atoms with Crippen molar-refractivity contribution in [3.05, 3.63) is 36.5 Å². The normalized spacial score (nSPS) is 9.83. The summed E-state index contributed by atoms with van der Waals surface area (Å²) in [6, 6.07) is 0. The van der Waals surface area contributed by atoms with Gasteiger partial charge in [-0.25, -0.2) is 9.59 Å². The van der Waals surface area contributed by atoms with Crippen molar-refractivity contribution in [3.63, 3.8) is 0 Å². The maximum absolute atomic E-state index is 10.9. The van der Waals surface area contributed by atoms with Crippen molar-refractivity contribution in [2.75, 3.05) is 55.7 Å². The summed E-state index contributed by atoms with van der Waals surface area (Å²) in [5.74, 6) is -1.83. The van der Waals surface area contributed by atoms with E-state index in [2.05, 4.69) is 19.7 Å². The number of hydrogen-bond acceptors (Lipinski definition) is 6. The fourth-order valence-electron chi connectivity index (χ4n) is 0.751. The molecule has 0 aromatic rings. The van der Waals surface area contributed by atoms with Gasteiger partial charge in [-0.2, -0.15) is 0 Å². The molecule has 0 saturated heterocycles. The molecule has 0 saturated carbocycles. The molecule has 0 heterocycles. The SMILES string of the molecule is C=C(C)C(=O)OC[N+](C)(C)C.C=C(C)C(=O)OC[N+](C)(C)C.C=C(C)C(=O)[O-].[Cl-]. The van der Waals surface area contributed by atoms with E-state index in [0.717, 1.165) is 0 Å². The molecular weight excluding hydrogens is 400 g/mol. The molecule has 0 aromatic carbocycles. The number of aliphatic carboxylic acids is 1. The molecule has 170 valence electrons. The van der Waals surface area contributed by atoms with E-state index in [9.17, 15) is 19.5 Å². The summed E-state index contributed by atoms with van der Waals surface area (Å²) in [6.45, 7) is 15.5. The van der Waals surface area contributed by atoms with Gasteiger partial charge >= 0.3 is 11.9 Å². The number of hydrogen-bond donors (Lipinski definition) is 0. The molecule has 0 bridgehead atoms. The van der Waals surface area contributed by atoms with Gasteiger partial charge in [-0.3, -0.25) is 8.97 Å². The second kappa shape index (κ2) is 15.7. The predicted octanol–water partition coefficient (Wildman–Crippen LogP) is -2.14. The summed E-state index contributed by atoms with van der Waals surface area (Å²) in [6.07, 6.45) is 0. The largest absolute Gasteiger partial charge is 1.00 e. The lowest BCUT2D eigenvalue weighted by atomic mass is 10.4. The number of halogens is 1. The van der Waals surface area contributed by atoms with Gasteiger partial charge in [-0.15, -0.1) is 0 Å². The third-order valence-electron chi connectivity index (χ3n) is 2.21. The van der Waals surface area contributed by atoms with Crippen molar-refractivity contribution >= 4 is 17.9 Å². The Morgan fingerprint density at radius 3 is 1.00 bits per heavy atom. The van der Waals surface area contributed by atoms with E-state index in [1.54, 1.807) is 13.8 Å². The molecule has 0 N–H and O–H groups in total. The van der Waals surface area contributed by atoms with Crippen molar-refractivity contribution in [1.29, 1.82) is 0 Å². The van der Waals surface area contributed by atoms with Crippen LogP contribution in [0, 0.1) is 0 Å². The number of carboxylic acid groups (broad SMARTS) is 1. The lowest BCUT2D eigenvalue weighted by molar-refractivity contribution is -0.888. The molecule has 9 heteroatoms. The number of nitrogens with zero attached hydrogens (tertiary/aromatic N) is 2. The van der Waals surface area contributed by atoms with Crippen LogP contribution < -0.4 is 17.5 Å². The minimum Gasteiger partial charge on any atom is -1.00 e. The van der Waals surface area contributed by atoms with E-state index in [1.807, 2.05) is 42.3 Å². The van der Waals surface area contributed by atoms with Gasteiger partial charge < -0.3 is 31.8 Å². The minimum atomic E-state index is -1.19. The minimum absolute atomic E-state index is 0. The zero-order chi connectivity index (χ0) is 23.3. The topological polar surface area (TPSA) is 92.7 Å². The van der Waals surface area contributed by atoms with Crippen LogP contribution in [0.2, 0.25) is 0 Å². The lowest BCUT2D eigenvalue weighted by Gasteiger charge is -2.22. The molecule has 29 heavy (non-hydrogen) atoms. The average molecular weight is 437 g/mol. The summed E-state index contributed by atoms with van der Waals surface area (Å²) in [4.78, 5) is 31.2. The van der Waals surface area contributed by atoms with E-state index >= 15 is 0 Å². The summed E-state index contributed by atoms with van der Waals surface area (Å²) < 4.78 is 11.0. The molecule has 0 fully saturated rings. The van der Waals surface area contributed by atoms with E-state index in [4.69, 9.17) is 9.47 Å². The third-order valence-corrected chi connectivity index (χ3v) is 2.21. The van der Waals surface area contributed by atoms with Crippen LogP contribution in [0.1, 0.15) is 20.8 Å². The monoisotopic (exact) mass is 436 g/mol. The zero-order valence-corrected chi connectivity index (χ0v) is 20.0. The summed E-state index contributed by atoms with van der Waals surface area (Å²) in [5, 5.41) is 9.49. The number of quaternary nitrogens is 2. The Morgan fingerprint density at radius 1 is 0.690 bits per heavy atom. The molecule has 0 aliphatic carbocycles.